The minimum absolute atomic E-state index is 0.0740. The quantitative estimate of drug-likeness (QED) is 0.734. The van der Waals surface area contributed by atoms with E-state index in [1.165, 1.54) is 0 Å². The summed E-state index contributed by atoms with van der Waals surface area (Å²) in [6.45, 7) is 9.23. The molecule has 1 rings (SSSR count). The molecular weight excluding hydrogens is 262 g/mol. The highest BCUT2D eigenvalue weighted by atomic mass is 16.1. The van der Waals surface area contributed by atoms with Crippen molar-refractivity contribution < 1.29 is 4.79 Å². The number of rotatable bonds is 9. The molecule has 0 spiro atoms. The Morgan fingerprint density at radius 2 is 1.86 bits per heavy atom. The maximum atomic E-state index is 12.0. The highest BCUT2D eigenvalue weighted by Crippen LogP contribution is 2.14. The Labute approximate surface area is 128 Å². The summed E-state index contributed by atoms with van der Waals surface area (Å²) in [7, 11) is 0. The maximum absolute atomic E-state index is 12.0. The number of amides is 1. The van der Waals surface area contributed by atoms with E-state index in [0.29, 0.717) is 12.8 Å². The minimum atomic E-state index is -0.0740. The molecule has 0 aliphatic carbocycles. The molecule has 0 heterocycles. The second-order valence-electron chi connectivity index (χ2n) is 5.51. The van der Waals surface area contributed by atoms with Gasteiger partial charge in [0.2, 0.25) is 5.91 Å². The van der Waals surface area contributed by atoms with Gasteiger partial charge in [-0.05, 0) is 32.0 Å². The molecule has 0 aromatic heterocycles. The van der Waals surface area contributed by atoms with E-state index >= 15 is 0 Å². The van der Waals surface area contributed by atoms with Crippen LogP contribution in [0.4, 0.5) is 0 Å². The fraction of sp³-hybridized carbons (Fsp3) is 0.588. The molecule has 3 N–H and O–H groups in total. The number of hydrogen-bond acceptors (Lipinski definition) is 3. The van der Waals surface area contributed by atoms with Crippen molar-refractivity contribution in [1.29, 1.82) is 0 Å². The van der Waals surface area contributed by atoms with Crippen LogP contribution < -0.4 is 11.1 Å². The van der Waals surface area contributed by atoms with Gasteiger partial charge in [-0.1, -0.05) is 44.2 Å². The first-order valence-electron chi connectivity index (χ1n) is 7.89. The number of benzene rings is 1. The zero-order valence-electron chi connectivity index (χ0n) is 13.5. The lowest BCUT2D eigenvalue weighted by Crippen LogP contribution is -2.42. The van der Waals surface area contributed by atoms with Gasteiger partial charge in [0.1, 0.15) is 0 Å². The van der Waals surface area contributed by atoms with Gasteiger partial charge in [0.05, 0.1) is 0 Å². The lowest BCUT2D eigenvalue weighted by molar-refractivity contribution is -0.122. The first-order chi connectivity index (χ1) is 10.1. The molecule has 118 valence electrons. The molecule has 0 saturated heterocycles. The normalized spacial score (nSPS) is 14.0. The summed E-state index contributed by atoms with van der Waals surface area (Å²) in [5, 5.41) is 3.05. The first-order valence-corrected chi connectivity index (χ1v) is 7.89. The van der Waals surface area contributed by atoms with E-state index in [1.807, 2.05) is 37.3 Å². The van der Waals surface area contributed by atoms with Gasteiger partial charge in [-0.2, -0.15) is 0 Å². The van der Waals surface area contributed by atoms with Gasteiger partial charge in [-0.25, -0.2) is 0 Å². The van der Waals surface area contributed by atoms with Gasteiger partial charge >= 0.3 is 0 Å². The zero-order valence-corrected chi connectivity index (χ0v) is 13.5. The third-order valence-electron chi connectivity index (χ3n) is 3.74. The van der Waals surface area contributed by atoms with E-state index < -0.39 is 0 Å². The molecule has 0 aliphatic rings. The summed E-state index contributed by atoms with van der Waals surface area (Å²) >= 11 is 0. The fourth-order valence-electron chi connectivity index (χ4n) is 2.42. The Balaban J connectivity index is 2.30. The Kier molecular flexibility index (Phi) is 8.01. The van der Waals surface area contributed by atoms with Crippen molar-refractivity contribution in [1.82, 2.24) is 10.2 Å². The molecule has 0 aliphatic heterocycles. The monoisotopic (exact) mass is 291 g/mol. The molecule has 0 bridgehead atoms. The Morgan fingerprint density at radius 3 is 2.43 bits per heavy atom. The number of nitrogens with one attached hydrogen (secondary N) is 1. The van der Waals surface area contributed by atoms with Gasteiger partial charge in [-0.3, -0.25) is 4.79 Å². The van der Waals surface area contributed by atoms with Crippen LogP contribution in [0.25, 0.3) is 0 Å². The Bertz CT molecular complexity index is 404. The van der Waals surface area contributed by atoms with Crippen molar-refractivity contribution in [3.63, 3.8) is 0 Å². The predicted molar refractivity (Wildman–Crippen MR) is 88.0 cm³/mol. The highest BCUT2D eigenvalue weighted by molar-refractivity contribution is 5.76. The van der Waals surface area contributed by atoms with Crippen LogP contribution in [-0.2, 0) is 4.79 Å². The van der Waals surface area contributed by atoms with Gasteiger partial charge in [0.25, 0.3) is 0 Å². The molecule has 4 heteroatoms. The molecule has 0 fully saturated rings. The number of carbonyl (C=O) groups excluding carboxylic acids is 1. The van der Waals surface area contributed by atoms with Crippen LogP contribution >= 0.6 is 0 Å². The van der Waals surface area contributed by atoms with Crippen molar-refractivity contribution in [2.75, 3.05) is 19.6 Å². The summed E-state index contributed by atoms with van der Waals surface area (Å²) in [5.41, 5.74) is 7.19. The van der Waals surface area contributed by atoms with Crippen molar-refractivity contribution in [3.8, 4) is 0 Å². The average Bonchev–Trinajstić information content (AvgIpc) is 2.51. The third-order valence-corrected chi connectivity index (χ3v) is 3.74. The minimum Gasteiger partial charge on any atom is -0.352 e. The van der Waals surface area contributed by atoms with E-state index in [2.05, 4.69) is 24.1 Å². The van der Waals surface area contributed by atoms with Gasteiger partial charge in [0, 0.05) is 25.0 Å². The van der Waals surface area contributed by atoms with Crippen molar-refractivity contribution in [2.24, 2.45) is 5.73 Å². The van der Waals surface area contributed by atoms with E-state index in [0.717, 1.165) is 25.2 Å². The molecule has 21 heavy (non-hydrogen) atoms. The number of hydrogen-bond donors (Lipinski definition) is 2. The molecule has 4 nitrogen and oxygen atoms in total. The van der Waals surface area contributed by atoms with Gasteiger partial charge in [0.15, 0.2) is 0 Å². The Hall–Kier alpha value is -1.39. The van der Waals surface area contributed by atoms with E-state index in [4.69, 9.17) is 5.73 Å². The average molecular weight is 291 g/mol. The van der Waals surface area contributed by atoms with Crippen molar-refractivity contribution in [2.45, 2.75) is 45.7 Å². The fourth-order valence-corrected chi connectivity index (χ4v) is 2.42. The maximum Gasteiger partial charge on any atom is 0.220 e. The van der Waals surface area contributed by atoms with Crippen LogP contribution in [0.2, 0.25) is 0 Å². The van der Waals surface area contributed by atoms with Crippen LogP contribution in [0, 0.1) is 0 Å². The zero-order chi connectivity index (χ0) is 15.7. The van der Waals surface area contributed by atoms with Gasteiger partial charge < -0.3 is 16.0 Å². The van der Waals surface area contributed by atoms with Crippen LogP contribution in [0.1, 0.15) is 45.2 Å². The second kappa shape index (κ2) is 9.53. The summed E-state index contributed by atoms with van der Waals surface area (Å²) in [5.74, 6) is 0.0843. The van der Waals surface area contributed by atoms with Gasteiger partial charge in [-0.15, -0.1) is 0 Å². The summed E-state index contributed by atoms with van der Waals surface area (Å²) in [4.78, 5) is 14.3. The van der Waals surface area contributed by atoms with E-state index in [1.54, 1.807) is 0 Å². The van der Waals surface area contributed by atoms with Crippen molar-refractivity contribution in [3.05, 3.63) is 35.9 Å². The van der Waals surface area contributed by atoms with Crippen LogP contribution in [-0.4, -0.2) is 36.5 Å². The highest BCUT2D eigenvalue weighted by Gasteiger charge is 2.12. The predicted octanol–water partition coefficient (Wildman–Crippen LogP) is 2.31. The third kappa shape index (κ3) is 6.74. The molecule has 1 aromatic carbocycles. The molecular formula is C17H29N3O. The van der Waals surface area contributed by atoms with Crippen molar-refractivity contribution >= 4 is 5.91 Å². The van der Waals surface area contributed by atoms with E-state index in [-0.39, 0.29) is 18.0 Å². The smallest absolute Gasteiger partial charge is 0.220 e. The van der Waals surface area contributed by atoms with Crippen LogP contribution in [0.5, 0.6) is 0 Å². The largest absolute Gasteiger partial charge is 0.352 e. The number of nitrogens with two attached hydrogens (primary N) is 1. The number of nitrogens with zero attached hydrogens (tertiary/aromatic N) is 1. The molecule has 0 saturated carbocycles. The van der Waals surface area contributed by atoms with Crippen LogP contribution in [0.3, 0.4) is 0 Å². The SMILES string of the molecule is CCN(CC)CC(C)NC(=O)CCC(N)c1ccccc1. The number of likely N-dealkylation sites (N-methyl/N-ethyl adjacent to an activating group) is 1. The lowest BCUT2D eigenvalue weighted by atomic mass is 10.0. The lowest BCUT2D eigenvalue weighted by Gasteiger charge is -2.23. The molecule has 2 atom stereocenters. The van der Waals surface area contributed by atoms with Crippen LogP contribution in [0.15, 0.2) is 30.3 Å². The number of carbonyl (C=O) groups is 1. The Morgan fingerprint density at radius 1 is 1.24 bits per heavy atom. The molecule has 2 unspecified atom stereocenters. The summed E-state index contributed by atoms with van der Waals surface area (Å²) in [6, 6.07) is 10.0. The standard InChI is InChI=1S/C17H29N3O/c1-4-20(5-2)13-14(3)19-17(21)12-11-16(18)15-9-7-6-8-10-15/h6-10,14,16H,4-5,11-13,18H2,1-3H3,(H,19,21). The van der Waals surface area contributed by atoms with E-state index in [9.17, 15) is 4.79 Å². The summed E-state index contributed by atoms with van der Waals surface area (Å²) < 4.78 is 0. The molecule has 1 amide bonds. The molecule has 1 aromatic rings. The summed E-state index contributed by atoms with van der Waals surface area (Å²) in [6.07, 6.45) is 1.15. The molecule has 0 radical (unpaired) electrons. The second-order valence-corrected chi connectivity index (χ2v) is 5.51. The topological polar surface area (TPSA) is 58.4 Å². The first kappa shape index (κ1) is 17.7.